The fourth-order valence-corrected chi connectivity index (χ4v) is 3.94. The van der Waals surface area contributed by atoms with Crippen LogP contribution in [-0.2, 0) is 13.0 Å². The van der Waals surface area contributed by atoms with Crippen LogP contribution in [0.25, 0.3) is 11.2 Å². The van der Waals surface area contributed by atoms with E-state index in [9.17, 15) is 4.79 Å². The third-order valence-electron chi connectivity index (χ3n) is 5.65. The number of anilines is 1. The van der Waals surface area contributed by atoms with E-state index in [2.05, 4.69) is 51.5 Å². The molecule has 4 rings (SSSR count). The predicted octanol–water partition coefficient (Wildman–Crippen LogP) is 2.47. The van der Waals surface area contributed by atoms with Gasteiger partial charge in [0.25, 0.3) is 0 Å². The van der Waals surface area contributed by atoms with E-state index < -0.39 is 0 Å². The van der Waals surface area contributed by atoms with Crippen molar-refractivity contribution in [3.63, 3.8) is 0 Å². The highest BCUT2D eigenvalue weighted by atomic mass is 16.5. The van der Waals surface area contributed by atoms with Crippen LogP contribution in [0, 0.1) is 5.92 Å². The summed E-state index contributed by atoms with van der Waals surface area (Å²) in [6, 6.07) is 8.69. The summed E-state index contributed by atoms with van der Waals surface area (Å²) in [5, 5.41) is 3.47. The Balaban J connectivity index is 1.52. The number of fused-ring (bicyclic) bond motifs is 1. The van der Waals surface area contributed by atoms with Gasteiger partial charge < -0.3 is 20.8 Å². The zero-order valence-corrected chi connectivity index (χ0v) is 17.5. The molecule has 0 saturated carbocycles. The van der Waals surface area contributed by atoms with Crippen LogP contribution < -0.4 is 21.5 Å². The number of nitrogens with one attached hydrogen (secondary N) is 2. The molecule has 3 heterocycles. The molecule has 1 atom stereocenters. The SMILES string of the molecule is CCCCOc1nc(N)c2[nH]c(=O)n(Cc3ccc(C[C@@H]4CCCNC4)cc3)c2n1. The Hall–Kier alpha value is -2.87. The van der Waals surface area contributed by atoms with Gasteiger partial charge in [-0.2, -0.15) is 9.97 Å². The number of aromatic amines is 1. The molecule has 3 aromatic rings. The zero-order chi connectivity index (χ0) is 20.9. The summed E-state index contributed by atoms with van der Waals surface area (Å²) in [4.78, 5) is 23.9. The molecule has 8 heteroatoms. The number of H-pyrrole nitrogens is 1. The number of piperidine rings is 1. The lowest BCUT2D eigenvalue weighted by molar-refractivity contribution is 0.286. The third kappa shape index (κ3) is 4.64. The molecule has 0 spiro atoms. The van der Waals surface area contributed by atoms with Gasteiger partial charge in [-0.15, -0.1) is 0 Å². The zero-order valence-electron chi connectivity index (χ0n) is 17.5. The van der Waals surface area contributed by atoms with E-state index in [1.165, 1.54) is 18.4 Å². The number of rotatable bonds is 8. The molecular weight excluding hydrogens is 380 g/mol. The number of imidazole rings is 1. The molecule has 2 aromatic heterocycles. The summed E-state index contributed by atoms with van der Waals surface area (Å²) in [7, 11) is 0. The lowest BCUT2D eigenvalue weighted by Gasteiger charge is -2.22. The molecule has 1 aliphatic rings. The van der Waals surface area contributed by atoms with E-state index in [-0.39, 0.29) is 17.5 Å². The van der Waals surface area contributed by atoms with Crippen molar-refractivity contribution in [2.24, 2.45) is 5.92 Å². The lowest BCUT2D eigenvalue weighted by atomic mass is 9.92. The van der Waals surface area contributed by atoms with Crippen molar-refractivity contribution in [3.05, 3.63) is 45.9 Å². The molecule has 30 heavy (non-hydrogen) atoms. The average Bonchev–Trinajstić information content (AvgIpc) is 3.06. The Morgan fingerprint density at radius 1 is 1.23 bits per heavy atom. The molecule has 0 aliphatic carbocycles. The Bertz CT molecular complexity index is 1030. The molecular formula is C22H30N6O2. The standard InChI is InChI=1S/C22H30N6O2/c1-2-3-11-30-21-26-19(23)18-20(27-21)28(22(29)25-18)14-16-8-6-15(7-9-16)12-17-5-4-10-24-13-17/h6-9,17,24H,2-5,10-14H2,1H3,(H,25,29)(H2,23,26,27)/t17-/m0/s1. The Labute approximate surface area is 175 Å². The minimum absolute atomic E-state index is 0.206. The number of ether oxygens (including phenoxy) is 1. The van der Waals surface area contributed by atoms with Crippen molar-refractivity contribution >= 4 is 17.0 Å². The van der Waals surface area contributed by atoms with Gasteiger partial charge in [0.05, 0.1) is 13.2 Å². The molecule has 4 N–H and O–H groups in total. The van der Waals surface area contributed by atoms with Crippen molar-refractivity contribution in [2.45, 2.75) is 45.6 Å². The highest BCUT2D eigenvalue weighted by molar-refractivity contribution is 5.81. The first-order valence-electron chi connectivity index (χ1n) is 10.8. The molecule has 1 aromatic carbocycles. The Kier molecular flexibility index (Phi) is 6.32. The van der Waals surface area contributed by atoms with Gasteiger partial charge in [0.1, 0.15) is 5.52 Å². The molecule has 1 aliphatic heterocycles. The van der Waals surface area contributed by atoms with Gasteiger partial charge in [-0.1, -0.05) is 37.6 Å². The molecule has 0 unspecified atom stereocenters. The number of benzene rings is 1. The maximum atomic E-state index is 12.5. The summed E-state index contributed by atoms with van der Waals surface area (Å²) in [6.45, 7) is 5.25. The van der Waals surface area contributed by atoms with Crippen molar-refractivity contribution in [1.29, 1.82) is 0 Å². The lowest BCUT2D eigenvalue weighted by Crippen LogP contribution is -2.30. The van der Waals surface area contributed by atoms with E-state index in [0.717, 1.165) is 37.9 Å². The smallest absolute Gasteiger partial charge is 0.328 e. The largest absolute Gasteiger partial charge is 0.463 e. The number of nitrogens with zero attached hydrogens (tertiary/aromatic N) is 3. The number of aromatic nitrogens is 4. The fourth-order valence-electron chi connectivity index (χ4n) is 3.94. The topological polar surface area (TPSA) is 111 Å². The third-order valence-corrected chi connectivity index (χ3v) is 5.65. The Morgan fingerprint density at radius 2 is 2.03 bits per heavy atom. The van der Waals surface area contributed by atoms with Crippen molar-refractivity contribution in [3.8, 4) is 6.01 Å². The van der Waals surface area contributed by atoms with Gasteiger partial charge >= 0.3 is 11.7 Å². The predicted molar refractivity (Wildman–Crippen MR) is 118 cm³/mol. The van der Waals surface area contributed by atoms with Gasteiger partial charge in [0, 0.05) is 0 Å². The molecule has 160 valence electrons. The number of nitrogen functional groups attached to an aromatic ring is 1. The highest BCUT2D eigenvalue weighted by Crippen LogP contribution is 2.20. The maximum Gasteiger partial charge on any atom is 0.328 e. The normalized spacial score (nSPS) is 16.8. The first-order chi connectivity index (χ1) is 14.6. The molecule has 0 amide bonds. The summed E-state index contributed by atoms with van der Waals surface area (Å²) >= 11 is 0. The van der Waals surface area contributed by atoms with E-state index in [0.29, 0.717) is 30.2 Å². The van der Waals surface area contributed by atoms with Crippen LogP contribution in [0.15, 0.2) is 29.1 Å². The average molecular weight is 411 g/mol. The minimum Gasteiger partial charge on any atom is -0.463 e. The number of nitrogens with two attached hydrogens (primary N) is 1. The van der Waals surface area contributed by atoms with Crippen LogP contribution >= 0.6 is 0 Å². The summed E-state index contributed by atoms with van der Waals surface area (Å²) in [5.74, 6) is 0.922. The molecule has 0 bridgehead atoms. The summed E-state index contributed by atoms with van der Waals surface area (Å²) in [5.41, 5.74) is 9.05. The first-order valence-corrected chi connectivity index (χ1v) is 10.8. The van der Waals surface area contributed by atoms with Gasteiger partial charge in [0.15, 0.2) is 11.5 Å². The van der Waals surface area contributed by atoms with Gasteiger partial charge in [-0.3, -0.25) is 4.57 Å². The molecule has 1 fully saturated rings. The second-order valence-corrected chi connectivity index (χ2v) is 8.04. The summed E-state index contributed by atoms with van der Waals surface area (Å²) < 4.78 is 7.18. The van der Waals surface area contributed by atoms with Crippen LogP contribution in [0.1, 0.15) is 43.7 Å². The number of unbranched alkanes of at least 4 members (excludes halogenated alkanes) is 1. The Morgan fingerprint density at radius 3 is 2.77 bits per heavy atom. The quantitative estimate of drug-likeness (QED) is 0.492. The second kappa shape index (κ2) is 9.30. The first kappa shape index (κ1) is 20.4. The molecule has 8 nitrogen and oxygen atoms in total. The van der Waals surface area contributed by atoms with Crippen molar-refractivity contribution in [1.82, 2.24) is 24.8 Å². The minimum atomic E-state index is -0.255. The van der Waals surface area contributed by atoms with Crippen molar-refractivity contribution in [2.75, 3.05) is 25.4 Å². The van der Waals surface area contributed by atoms with E-state index in [1.54, 1.807) is 4.57 Å². The second-order valence-electron chi connectivity index (χ2n) is 8.04. The number of hydrogen-bond acceptors (Lipinski definition) is 6. The van der Waals surface area contributed by atoms with Gasteiger partial charge in [-0.05, 0) is 55.8 Å². The van der Waals surface area contributed by atoms with Crippen LogP contribution in [0.3, 0.4) is 0 Å². The van der Waals surface area contributed by atoms with Crippen LogP contribution in [0.4, 0.5) is 5.82 Å². The van der Waals surface area contributed by atoms with Crippen molar-refractivity contribution < 1.29 is 4.74 Å². The van der Waals surface area contributed by atoms with E-state index in [1.807, 2.05) is 0 Å². The maximum absolute atomic E-state index is 12.5. The van der Waals surface area contributed by atoms with E-state index >= 15 is 0 Å². The molecule has 0 radical (unpaired) electrons. The van der Waals surface area contributed by atoms with E-state index in [4.69, 9.17) is 10.5 Å². The van der Waals surface area contributed by atoms with Crippen LogP contribution in [0.5, 0.6) is 6.01 Å². The van der Waals surface area contributed by atoms with Crippen LogP contribution in [-0.4, -0.2) is 39.2 Å². The monoisotopic (exact) mass is 410 g/mol. The van der Waals surface area contributed by atoms with Crippen LogP contribution in [0.2, 0.25) is 0 Å². The number of hydrogen-bond donors (Lipinski definition) is 3. The molecule has 1 saturated heterocycles. The fraction of sp³-hybridized carbons (Fsp3) is 0.500. The summed E-state index contributed by atoms with van der Waals surface area (Å²) in [6.07, 6.45) is 5.54. The van der Waals surface area contributed by atoms with Gasteiger partial charge in [0.2, 0.25) is 0 Å². The highest BCUT2D eigenvalue weighted by Gasteiger charge is 2.16. The van der Waals surface area contributed by atoms with Gasteiger partial charge in [-0.25, -0.2) is 4.79 Å².